The second kappa shape index (κ2) is 5.06. The molecule has 1 aromatic carbocycles. The fraction of sp³-hybridized carbons (Fsp3) is 0.0667. The summed E-state index contributed by atoms with van der Waals surface area (Å²) in [4.78, 5) is 19.3. The molecule has 0 aliphatic heterocycles. The third kappa shape index (κ3) is 2.18. The summed E-state index contributed by atoms with van der Waals surface area (Å²) in [5.41, 5.74) is 1.35. The largest absolute Gasteiger partial charge is 0.345 e. The topological polar surface area (TPSA) is 45.8 Å². The van der Waals surface area contributed by atoms with Crippen molar-refractivity contribution in [1.82, 2.24) is 9.97 Å². The van der Waals surface area contributed by atoms with Crippen molar-refractivity contribution in [2.24, 2.45) is 0 Å². The fourth-order valence-corrected chi connectivity index (χ4v) is 2.39. The van der Waals surface area contributed by atoms with Crippen LogP contribution in [0.15, 0.2) is 42.7 Å². The van der Waals surface area contributed by atoms with Gasteiger partial charge in [-0.1, -0.05) is 29.8 Å². The molecule has 1 N–H and O–H groups in total. The minimum atomic E-state index is -0.384. The Kier molecular flexibility index (Phi) is 3.24. The molecule has 0 bridgehead atoms. The lowest BCUT2D eigenvalue weighted by atomic mass is 10.0. The number of Topliss-reactive ketones (excluding diaryl/α,β-unsaturated/α-hetero) is 1. The Morgan fingerprint density at radius 2 is 2.10 bits per heavy atom. The number of H-pyrrole nitrogens is 1. The Hall–Kier alpha value is -2.20. The van der Waals surface area contributed by atoms with Crippen LogP contribution >= 0.6 is 11.6 Å². The van der Waals surface area contributed by atoms with E-state index >= 15 is 0 Å². The van der Waals surface area contributed by atoms with Crippen molar-refractivity contribution in [2.75, 3.05) is 0 Å². The fourth-order valence-electron chi connectivity index (χ4n) is 2.15. The van der Waals surface area contributed by atoms with Gasteiger partial charge in [-0.25, -0.2) is 9.37 Å². The molecule has 100 valence electrons. The molecule has 20 heavy (non-hydrogen) atoms. The summed E-state index contributed by atoms with van der Waals surface area (Å²) in [5, 5.41) is 1.03. The summed E-state index contributed by atoms with van der Waals surface area (Å²) in [6.45, 7) is 0. The summed E-state index contributed by atoms with van der Waals surface area (Å²) in [6, 6.07) is 7.86. The molecule has 0 radical (unpaired) electrons. The molecule has 0 saturated heterocycles. The van der Waals surface area contributed by atoms with Crippen molar-refractivity contribution in [3.63, 3.8) is 0 Å². The van der Waals surface area contributed by atoms with E-state index in [-0.39, 0.29) is 18.0 Å². The Bertz CT molecular complexity index is 797. The maximum atomic E-state index is 13.6. The lowest BCUT2D eigenvalue weighted by Gasteiger charge is -2.02. The molecule has 2 aromatic heterocycles. The van der Waals surface area contributed by atoms with Crippen LogP contribution in [0.2, 0.25) is 5.02 Å². The average molecular weight is 289 g/mol. The third-order valence-corrected chi connectivity index (χ3v) is 3.45. The summed E-state index contributed by atoms with van der Waals surface area (Å²) in [5.74, 6) is -0.582. The molecular weight excluding hydrogens is 279 g/mol. The lowest BCUT2D eigenvalue weighted by Crippen LogP contribution is -2.04. The minimum absolute atomic E-state index is 0.00908. The quantitative estimate of drug-likeness (QED) is 0.746. The van der Waals surface area contributed by atoms with E-state index in [2.05, 4.69) is 9.97 Å². The summed E-state index contributed by atoms with van der Waals surface area (Å²) >= 11 is 6.10. The number of carbonyl (C=O) groups is 1. The van der Waals surface area contributed by atoms with Crippen LogP contribution in [0.4, 0.5) is 4.39 Å². The highest BCUT2D eigenvalue weighted by molar-refractivity contribution is 6.36. The number of aromatic nitrogens is 2. The molecule has 3 nitrogen and oxygen atoms in total. The van der Waals surface area contributed by atoms with E-state index in [1.807, 2.05) is 0 Å². The summed E-state index contributed by atoms with van der Waals surface area (Å²) in [7, 11) is 0. The van der Waals surface area contributed by atoms with Gasteiger partial charge in [-0.15, -0.1) is 0 Å². The van der Waals surface area contributed by atoms with Crippen LogP contribution in [0.5, 0.6) is 0 Å². The second-order valence-corrected chi connectivity index (χ2v) is 4.82. The number of hydrogen-bond donors (Lipinski definition) is 1. The van der Waals surface area contributed by atoms with Crippen LogP contribution in [-0.4, -0.2) is 15.8 Å². The number of halogens is 2. The first-order chi connectivity index (χ1) is 9.66. The zero-order chi connectivity index (χ0) is 14.1. The number of pyridine rings is 1. The van der Waals surface area contributed by atoms with Gasteiger partial charge in [0.2, 0.25) is 0 Å². The molecule has 2 heterocycles. The van der Waals surface area contributed by atoms with Crippen molar-refractivity contribution >= 4 is 28.4 Å². The van der Waals surface area contributed by atoms with Crippen molar-refractivity contribution in [3.8, 4) is 0 Å². The predicted octanol–water partition coefficient (Wildman–Crippen LogP) is 3.78. The van der Waals surface area contributed by atoms with Crippen molar-refractivity contribution < 1.29 is 9.18 Å². The van der Waals surface area contributed by atoms with Crippen LogP contribution in [0.1, 0.15) is 15.9 Å². The molecule has 5 heteroatoms. The predicted molar refractivity (Wildman–Crippen MR) is 75.5 cm³/mol. The van der Waals surface area contributed by atoms with Gasteiger partial charge < -0.3 is 4.98 Å². The SMILES string of the molecule is O=C(Cc1ccccc1F)c1c[nH]c2nccc(Cl)c12. The minimum Gasteiger partial charge on any atom is -0.345 e. The first-order valence-corrected chi connectivity index (χ1v) is 6.43. The van der Waals surface area contributed by atoms with Gasteiger partial charge >= 0.3 is 0 Å². The smallest absolute Gasteiger partial charge is 0.169 e. The van der Waals surface area contributed by atoms with Gasteiger partial charge in [-0.2, -0.15) is 0 Å². The number of rotatable bonds is 3. The molecule has 0 unspecified atom stereocenters. The van der Waals surface area contributed by atoms with Crippen LogP contribution in [0, 0.1) is 5.82 Å². The zero-order valence-corrected chi connectivity index (χ0v) is 11.1. The number of nitrogens with one attached hydrogen (secondary N) is 1. The van der Waals surface area contributed by atoms with Crippen LogP contribution in [-0.2, 0) is 6.42 Å². The highest BCUT2D eigenvalue weighted by atomic mass is 35.5. The van der Waals surface area contributed by atoms with Crippen LogP contribution in [0.25, 0.3) is 11.0 Å². The van der Waals surface area contributed by atoms with E-state index in [1.165, 1.54) is 6.07 Å². The number of benzene rings is 1. The molecule has 0 aliphatic rings. The molecule has 3 rings (SSSR count). The Balaban J connectivity index is 2.00. The van der Waals surface area contributed by atoms with E-state index in [1.54, 1.807) is 36.7 Å². The number of fused-ring (bicyclic) bond motifs is 1. The average Bonchev–Trinajstić information content (AvgIpc) is 2.87. The normalized spacial score (nSPS) is 10.9. The van der Waals surface area contributed by atoms with Gasteiger partial charge in [-0.3, -0.25) is 4.79 Å². The Morgan fingerprint density at radius 1 is 1.30 bits per heavy atom. The highest BCUT2D eigenvalue weighted by Gasteiger charge is 2.16. The molecule has 0 spiro atoms. The second-order valence-electron chi connectivity index (χ2n) is 4.41. The molecule has 0 amide bonds. The number of carbonyl (C=O) groups excluding carboxylic acids is 1. The van der Waals surface area contributed by atoms with Crippen LogP contribution < -0.4 is 0 Å². The van der Waals surface area contributed by atoms with E-state index in [4.69, 9.17) is 11.6 Å². The Morgan fingerprint density at radius 3 is 2.90 bits per heavy atom. The van der Waals surface area contributed by atoms with E-state index < -0.39 is 0 Å². The molecule has 0 saturated carbocycles. The first-order valence-electron chi connectivity index (χ1n) is 6.05. The Labute approximate surface area is 119 Å². The van der Waals surface area contributed by atoms with Gasteiger partial charge in [0.1, 0.15) is 11.5 Å². The van der Waals surface area contributed by atoms with E-state index in [9.17, 15) is 9.18 Å². The van der Waals surface area contributed by atoms with Gasteiger partial charge in [0.15, 0.2) is 5.78 Å². The van der Waals surface area contributed by atoms with Gasteiger partial charge in [0.05, 0.1) is 5.02 Å². The molecular formula is C15H10ClFN2O. The van der Waals surface area contributed by atoms with Crippen molar-refractivity contribution in [1.29, 1.82) is 0 Å². The first kappa shape index (κ1) is 12.8. The lowest BCUT2D eigenvalue weighted by molar-refractivity contribution is 0.0993. The number of aromatic amines is 1. The number of hydrogen-bond acceptors (Lipinski definition) is 2. The number of nitrogens with zero attached hydrogens (tertiary/aromatic N) is 1. The van der Waals surface area contributed by atoms with Crippen molar-refractivity contribution in [3.05, 3.63) is 64.7 Å². The molecule has 0 aliphatic carbocycles. The van der Waals surface area contributed by atoms with Gasteiger partial charge in [0.25, 0.3) is 0 Å². The number of ketones is 1. The van der Waals surface area contributed by atoms with Gasteiger partial charge in [-0.05, 0) is 17.7 Å². The van der Waals surface area contributed by atoms with E-state index in [0.717, 1.165) is 0 Å². The zero-order valence-electron chi connectivity index (χ0n) is 10.4. The van der Waals surface area contributed by atoms with Gasteiger partial charge in [0, 0.05) is 29.8 Å². The van der Waals surface area contributed by atoms with E-state index in [0.29, 0.717) is 27.2 Å². The summed E-state index contributed by atoms with van der Waals surface area (Å²) < 4.78 is 13.6. The maximum absolute atomic E-state index is 13.6. The molecule has 0 atom stereocenters. The highest BCUT2D eigenvalue weighted by Crippen LogP contribution is 2.26. The standard InChI is InChI=1S/C15H10ClFN2O/c16-11-5-6-18-15-14(11)10(8-19-15)13(20)7-9-3-1-2-4-12(9)17/h1-6,8H,7H2,(H,18,19). The molecule has 3 aromatic rings. The monoisotopic (exact) mass is 288 g/mol. The maximum Gasteiger partial charge on any atom is 0.169 e. The third-order valence-electron chi connectivity index (χ3n) is 3.13. The van der Waals surface area contributed by atoms with Crippen LogP contribution in [0.3, 0.4) is 0 Å². The molecule has 0 fully saturated rings. The van der Waals surface area contributed by atoms with Crippen molar-refractivity contribution in [2.45, 2.75) is 6.42 Å². The summed E-state index contributed by atoms with van der Waals surface area (Å²) in [6.07, 6.45) is 3.11.